The van der Waals surface area contributed by atoms with Crippen LogP contribution in [0.15, 0.2) is 59.7 Å². The predicted molar refractivity (Wildman–Crippen MR) is 164 cm³/mol. The molecule has 1 unspecified atom stereocenters. The fraction of sp³-hybridized carbons (Fsp3) is 0.300. The second kappa shape index (κ2) is 10.5. The number of phosphoric acid groups is 1. The molecular formula is C30H28N5O10P. The van der Waals surface area contributed by atoms with Crippen molar-refractivity contribution in [2.24, 2.45) is 0 Å². The van der Waals surface area contributed by atoms with Crippen LogP contribution in [-0.2, 0) is 18.3 Å². The number of aliphatic hydroxyl groups excluding tert-OH is 4. The maximum absolute atomic E-state index is 13.6. The summed E-state index contributed by atoms with van der Waals surface area (Å²) in [7, 11) is -5.07. The fourth-order valence-corrected chi connectivity index (χ4v) is 8.02. The molecule has 16 heteroatoms. The molecule has 6 aromatic rings. The average molecular weight is 650 g/mol. The summed E-state index contributed by atoms with van der Waals surface area (Å²) in [4.78, 5) is 33.8. The third-order valence-corrected chi connectivity index (χ3v) is 9.98. The van der Waals surface area contributed by atoms with Crippen LogP contribution in [0.4, 0.5) is 5.95 Å². The van der Waals surface area contributed by atoms with Crippen LogP contribution in [0.2, 0.25) is 0 Å². The summed E-state index contributed by atoms with van der Waals surface area (Å²) in [5.74, 6) is -0.151. The SMILES string of the molecule is Nc1nc2c(ncn2[C@H]2C[C@H](OP(=O)(O)O[C@H]3c4c(cc5ccc6cccc7ccc4c5c67)[C@@H](O)[C@H](O)[C@@H]3O)[C@@H](CO)O2)c(=O)[nH]1. The predicted octanol–water partition coefficient (Wildman–Crippen LogP) is 1.89. The van der Waals surface area contributed by atoms with Crippen LogP contribution in [0.25, 0.3) is 43.5 Å². The van der Waals surface area contributed by atoms with Crippen LogP contribution < -0.4 is 11.3 Å². The van der Waals surface area contributed by atoms with Crippen molar-refractivity contribution in [2.45, 2.75) is 49.3 Å². The third-order valence-electron chi connectivity index (χ3n) is 8.94. The van der Waals surface area contributed by atoms with Gasteiger partial charge in [0.05, 0.1) is 12.9 Å². The number of aromatic nitrogens is 4. The minimum atomic E-state index is -5.07. The number of fused-ring (bicyclic) bond motifs is 3. The largest absolute Gasteiger partial charge is 0.473 e. The monoisotopic (exact) mass is 649 g/mol. The van der Waals surface area contributed by atoms with E-state index in [2.05, 4.69) is 15.0 Å². The Kier molecular flexibility index (Phi) is 6.71. The molecule has 15 nitrogen and oxygen atoms in total. The van der Waals surface area contributed by atoms with Gasteiger partial charge in [-0.15, -0.1) is 0 Å². The molecule has 46 heavy (non-hydrogen) atoms. The molecule has 2 aliphatic rings. The van der Waals surface area contributed by atoms with Crippen LogP contribution in [-0.4, -0.2) is 75.9 Å². The maximum Gasteiger partial charge on any atom is 0.473 e. The molecule has 8 N–H and O–H groups in total. The van der Waals surface area contributed by atoms with Crippen LogP contribution in [0.1, 0.15) is 36.0 Å². The number of hydrogen-bond donors (Lipinski definition) is 7. The van der Waals surface area contributed by atoms with E-state index in [1.54, 1.807) is 12.1 Å². The van der Waals surface area contributed by atoms with Gasteiger partial charge in [0.2, 0.25) is 5.95 Å². The second-order valence-corrected chi connectivity index (χ2v) is 13.0. The van der Waals surface area contributed by atoms with E-state index in [-0.39, 0.29) is 34.7 Å². The van der Waals surface area contributed by atoms with Crippen molar-refractivity contribution in [2.75, 3.05) is 12.3 Å². The Labute approximate surface area is 258 Å². The molecule has 4 aromatic carbocycles. The highest BCUT2D eigenvalue weighted by Crippen LogP contribution is 2.56. The number of nitrogens with one attached hydrogen (secondary N) is 1. The first-order chi connectivity index (χ1) is 22.0. The van der Waals surface area contributed by atoms with E-state index in [9.17, 15) is 34.7 Å². The minimum absolute atomic E-state index is 0.00462. The van der Waals surface area contributed by atoms with Gasteiger partial charge >= 0.3 is 7.82 Å². The Morgan fingerprint density at radius 3 is 2.54 bits per heavy atom. The molecule has 1 fully saturated rings. The van der Waals surface area contributed by atoms with Gasteiger partial charge in [0, 0.05) is 6.42 Å². The number of imidazole rings is 1. The van der Waals surface area contributed by atoms with Crippen LogP contribution in [0, 0.1) is 0 Å². The molecule has 0 bridgehead atoms. The lowest BCUT2D eigenvalue weighted by atomic mass is 9.78. The number of H-pyrrole nitrogens is 1. The number of rotatable bonds is 6. The molecule has 238 valence electrons. The molecule has 1 saturated heterocycles. The Morgan fingerprint density at radius 2 is 1.78 bits per heavy atom. The average Bonchev–Trinajstić information content (AvgIpc) is 3.64. The van der Waals surface area contributed by atoms with Crippen molar-refractivity contribution >= 4 is 57.3 Å². The molecule has 8 rings (SSSR count). The lowest BCUT2D eigenvalue weighted by Crippen LogP contribution is -2.42. The molecule has 3 heterocycles. The summed E-state index contributed by atoms with van der Waals surface area (Å²) in [5, 5.41) is 48.0. The number of nitrogens with zero attached hydrogens (tertiary/aromatic N) is 3. The summed E-state index contributed by atoms with van der Waals surface area (Å²) in [6.45, 7) is -0.597. The topological polar surface area (TPSA) is 235 Å². The van der Waals surface area contributed by atoms with Gasteiger partial charge in [-0.3, -0.25) is 23.4 Å². The van der Waals surface area contributed by atoms with E-state index in [4.69, 9.17) is 19.5 Å². The minimum Gasteiger partial charge on any atom is -0.394 e. The summed E-state index contributed by atoms with van der Waals surface area (Å²) in [5.41, 5.74) is 5.70. The first kappa shape index (κ1) is 29.4. The smallest absolute Gasteiger partial charge is 0.394 e. The number of benzene rings is 4. The third kappa shape index (κ3) is 4.44. The van der Waals surface area contributed by atoms with Crippen molar-refractivity contribution in [1.82, 2.24) is 19.5 Å². The van der Waals surface area contributed by atoms with Gasteiger partial charge in [0.25, 0.3) is 5.56 Å². The van der Waals surface area contributed by atoms with Crippen LogP contribution >= 0.6 is 7.82 Å². The summed E-state index contributed by atoms with van der Waals surface area (Å²) in [6, 6.07) is 15.0. The zero-order valence-electron chi connectivity index (χ0n) is 23.8. The van der Waals surface area contributed by atoms with Crippen molar-refractivity contribution in [1.29, 1.82) is 0 Å². The molecule has 0 amide bonds. The zero-order valence-corrected chi connectivity index (χ0v) is 24.7. The van der Waals surface area contributed by atoms with Crippen LogP contribution in [0.3, 0.4) is 0 Å². The Balaban J connectivity index is 1.15. The molecular weight excluding hydrogens is 621 g/mol. The van der Waals surface area contributed by atoms with Gasteiger partial charge in [-0.25, -0.2) is 9.55 Å². The normalized spacial score (nSPS) is 28.0. The lowest BCUT2D eigenvalue weighted by molar-refractivity contribution is -0.120. The number of aliphatic hydroxyl groups is 4. The second-order valence-electron chi connectivity index (χ2n) is 11.6. The van der Waals surface area contributed by atoms with Gasteiger partial charge < -0.3 is 35.8 Å². The summed E-state index contributed by atoms with van der Waals surface area (Å²) in [6.07, 6.45) is -8.64. The van der Waals surface area contributed by atoms with Crippen molar-refractivity contribution in [3.05, 3.63) is 76.3 Å². The lowest BCUT2D eigenvalue weighted by Gasteiger charge is -2.38. The van der Waals surface area contributed by atoms with E-state index in [1.807, 2.05) is 36.4 Å². The highest BCUT2D eigenvalue weighted by Gasteiger charge is 2.48. The molecule has 1 aliphatic heterocycles. The summed E-state index contributed by atoms with van der Waals surface area (Å²) < 4.78 is 32.1. The van der Waals surface area contributed by atoms with E-state index < -0.39 is 62.8 Å². The van der Waals surface area contributed by atoms with Crippen molar-refractivity contribution < 1.29 is 43.7 Å². The number of ether oxygens (including phenoxy) is 1. The van der Waals surface area contributed by atoms with Gasteiger partial charge in [-0.2, -0.15) is 4.98 Å². The first-order valence-corrected chi connectivity index (χ1v) is 16.0. The van der Waals surface area contributed by atoms with Gasteiger partial charge in [-0.1, -0.05) is 42.5 Å². The quantitative estimate of drug-likeness (QED) is 0.101. The van der Waals surface area contributed by atoms with E-state index in [0.29, 0.717) is 5.39 Å². The number of aromatic amines is 1. The van der Waals surface area contributed by atoms with Gasteiger partial charge in [0.15, 0.2) is 11.2 Å². The first-order valence-electron chi connectivity index (χ1n) is 14.5. The molecule has 2 aromatic heterocycles. The number of nitrogen functional groups attached to an aromatic ring is 1. The Hall–Kier alpha value is -4.02. The van der Waals surface area contributed by atoms with Crippen LogP contribution in [0.5, 0.6) is 0 Å². The highest BCUT2D eigenvalue weighted by atomic mass is 31.2. The van der Waals surface area contributed by atoms with Crippen molar-refractivity contribution in [3.63, 3.8) is 0 Å². The highest BCUT2D eigenvalue weighted by molar-refractivity contribution is 7.47. The van der Waals surface area contributed by atoms with Crippen molar-refractivity contribution in [3.8, 4) is 0 Å². The van der Waals surface area contributed by atoms with E-state index in [0.717, 1.165) is 26.9 Å². The molecule has 0 spiro atoms. The standard InChI is InChI=1S/C30H28N5O10P/c31-30-33-28-23(29(40)34-30)32-11-35(28)19-9-17(18(10-36)43-19)44-46(41,42)45-27-22-15-7-6-13-3-1-2-12-4-5-14(21(15)20(12)13)8-16(22)24(37)25(38)26(27)39/h1-8,11,17-19,24-27,36-39H,9-10H2,(H,41,42)(H3,31,33,34,40)/t17-,18+,19+,24+,25-,26-,27-/m0/s1. The van der Waals surface area contributed by atoms with Gasteiger partial charge in [-0.05, 0) is 49.5 Å². The Morgan fingerprint density at radius 1 is 1.04 bits per heavy atom. The number of nitrogens with two attached hydrogens (primary N) is 1. The van der Waals surface area contributed by atoms with E-state index in [1.165, 1.54) is 10.9 Å². The zero-order chi connectivity index (χ0) is 32.1. The molecule has 0 saturated carbocycles. The maximum atomic E-state index is 13.6. The number of anilines is 1. The Bertz CT molecular complexity index is 2240. The molecule has 1 aliphatic carbocycles. The fourth-order valence-electron chi connectivity index (χ4n) is 6.89. The van der Waals surface area contributed by atoms with Gasteiger partial charge in [0.1, 0.15) is 42.9 Å². The molecule has 8 atom stereocenters. The molecule has 0 radical (unpaired) electrons. The summed E-state index contributed by atoms with van der Waals surface area (Å²) >= 11 is 0. The number of phosphoric ester groups is 1. The number of hydrogen-bond acceptors (Lipinski definition) is 12. The van der Waals surface area contributed by atoms with E-state index >= 15 is 0 Å².